The van der Waals surface area contributed by atoms with Gasteiger partial charge in [-0.2, -0.15) is 0 Å². The van der Waals surface area contributed by atoms with E-state index < -0.39 is 0 Å². The molecule has 0 aromatic heterocycles. The van der Waals surface area contributed by atoms with E-state index in [-0.39, 0.29) is 0 Å². The second-order valence-corrected chi connectivity index (χ2v) is 4.90. The molecule has 1 aliphatic heterocycles. The SMILES string of the molecule is CCCCCCC(N)CC1CCOCC1. The highest BCUT2D eigenvalue weighted by molar-refractivity contribution is 4.71. The Bertz CT molecular complexity index is 143. The summed E-state index contributed by atoms with van der Waals surface area (Å²) in [5, 5.41) is 0. The average molecular weight is 213 g/mol. The van der Waals surface area contributed by atoms with Crippen molar-refractivity contribution in [1.29, 1.82) is 0 Å². The summed E-state index contributed by atoms with van der Waals surface area (Å²) in [4.78, 5) is 0. The minimum atomic E-state index is 0.435. The lowest BCUT2D eigenvalue weighted by Crippen LogP contribution is -2.26. The molecule has 1 fully saturated rings. The predicted molar refractivity (Wildman–Crippen MR) is 64.9 cm³/mol. The van der Waals surface area contributed by atoms with Crippen molar-refractivity contribution in [3.05, 3.63) is 0 Å². The van der Waals surface area contributed by atoms with Gasteiger partial charge in [0.25, 0.3) is 0 Å². The molecule has 0 aromatic carbocycles. The maximum Gasteiger partial charge on any atom is 0.0468 e. The third-order valence-corrected chi connectivity index (χ3v) is 3.41. The molecule has 0 bridgehead atoms. The molecule has 0 aromatic rings. The van der Waals surface area contributed by atoms with Crippen LogP contribution in [0.1, 0.15) is 58.3 Å². The van der Waals surface area contributed by atoms with Gasteiger partial charge >= 0.3 is 0 Å². The molecule has 1 heterocycles. The Balaban J connectivity index is 1.98. The first-order valence-corrected chi connectivity index (χ1v) is 6.66. The minimum Gasteiger partial charge on any atom is -0.381 e. The van der Waals surface area contributed by atoms with Crippen molar-refractivity contribution in [2.75, 3.05) is 13.2 Å². The molecule has 0 saturated carbocycles. The average Bonchev–Trinajstić information content (AvgIpc) is 2.26. The molecule has 0 amide bonds. The monoisotopic (exact) mass is 213 g/mol. The Morgan fingerprint density at radius 1 is 1.20 bits per heavy atom. The fourth-order valence-electron chi connectivity index (χ4n) is 2.36. The van der Waals surface area contributed by atoms with Crippen molar-refractivity contribution >= 4 is 0 Å². The largest absolute Gasteiger partial charge is 0.381 e. The normalized spacial score (nSPS) is 20.4. The number of ether oxygens (including phenoxy) is 1. The van der Waals surface area contributed by atoms with Crippen LogP contribution in [0.15, 0.2) is 0 Å². The lowest BCUT2D eigenvalue weighted by atomic mass is 9.91. The maximum atomic E-state index is 6.15. The Morgan fingerprint density at radius 3 is 2.60 bits per heavy atom. The van der Waals surface area contributed by atoms with Gasteiger partial charge in [0.2, 0.25) is 0 Å². The van der Waals surface area contributed by atoms with Crippen molar-refractivity contribution < 1.29 is 4.74 Å². The predicted octanol–water partition coefficient (Wildman–Crippen LogP) is 3.10. The van der Waals surface area contributed by atoms with Crippen molar-refractivity contribution in [3.63, 3.8) is 0 Å². The first-order chi connectivity index (χ1) is 7.33. The zero-order valence-corrected chi connectivity index (χ0v) is 10.2. The summed E-state index contributed by atoms with van der Waals surface area (Å²) in [7, 11) is 0. The first kappa shape index (κ1) is 13.0. The molecular weight excluding hydrogens is 186 g/mol. The third kappa shape index (κ3) is 6.16. The quantitative estimate of drug-likeness (QED) is 0.660. The van der Waals surface area contributed by atoms with Crippen LogP contribution in [0, 0.1) is 5.92 Å². The van der Waals surface area contributed by atoms with Gasteiger partial charge in [-0.05, 0) is 31.6 Å². The molecule has 1 saturated heterocycles. The van der Waals surface area contributed by atoms with E-state index in [0.717, 1.165) is 19.1 Å². The van der Waals surface area contributed by atoms with E-state index >= 15 is 0 Å². The van der Waals surface area contributed by atoms with E-state index in [1.54, 1.807) is 0 Å². The molecular formula is C13H27NO. The number of rotatable bonds is 7. The fourth-order valence-corrected chi connectivity index (χ4v) is 2.36. The van der Waals surface area contributed by atoms with Crippen LogP contribution in [0.4, 0.5) is 0 Å². The van der Waals surface area contributed by atoms with E-state index in [1.165, 1.54) is 51.4 Å². The molecule has 1 atom stereocenters. The molecule has 0 radical (unpaired) electrons. The minimum absolute atomic E-state index is 0.435. The van der Waals surface area contributed by atoms with E-state index in [1.807, 2.05) is 0 Å². The number of hydrogen-bond donors (Lipinski definition) is 1. The Morgan fingerprint density at radius 2 is 1.93 bits per heavy atom. The molecule has 2 heteroatoms. The van der Waals surface area contributed by atoms with Gasteiger partial charge in [-0.3, -0.25) is 0 Å². The number of hydrogen-bond acceptors (Lipinski definition) is 2. The highest BCUT2D eigenvalue weighted by Gasteiger charge is 2.16. The topological polar surface area (TPSA) is 35.2 Å². The molecule has 1 rings (SSSR count). The maximum absolute atomic E-state index is 6.15. The standard InChI is InChI=1S/C13H27NO/c1-2-3-4-5-6-13(14)11-12-7-9-15-10-8-12/h12-13H,2-11,14H2,1H3. The second kappa shape index (κ2) is 8.12. The van der Waals surface area contributed by atoms with Gasteiger partial charge in [0.05, 0.1) is 0 Å². The Hall–Kier alpha value is -0.0800. The van der Waals surface area contributed by atoms with Crippen LogP contribution in [0.5, 0.6) is 0 Å². The zero-order chi connectivity index (χ0) is 10.9. The smallest absolute Gasteiger partial charge is 0.0468 e. The van der Waals surface area contributed by atoms with Crippen molar-refractivity contribution in [2.24, 2.45) is 11.7 Å². The summed E-state index contributed by atoms with van der Waals surface area (Å²) in [6.07, 6.45) is 10.2. The van der Waals surface area contributed by atoms with Gasteiger partial charge < -0.3 is 10.5 Å². The van der Waals surface area contributed by atoms with Crippen LogP contribution in [0.3, 0.4) is 0 Å². The zero-order valence-electron chi connectivity index (χ0n) is 10.2. The second-order valence-electron chi connectivity index (χ2n) is 4.90. The molecule has 2 nitrogen and oxygen atoms in total. The van der Waals surface area contributed by atoms with Crippen LogP contribution in [-0.2, 0) is 4.74 Å². The van der Waals surface area contributed by atoms with E-state index in [2.05, 4.69) is 6.92 Å². The Labute approximate surface area is 94.6 Å². The van der Waals surface area contributed by atoms with Crippen LogP contribution >= 0.6 is 0 Å². The van der Waals surface area contributed by atoms with E-state index in [0.29, 0.717) is 6.04 Å². The van der Waals surface area contributed by atoms with Gasteiger partial charge in [0, 0.05) is 19.3 Å². The van der Waals surface area contributed by atoms with Gasteiger partial charge in [-0.1, -0.05) is 32.6 Å². The molecule has 1 unspecified atom stereocenters. The van der Waals surface area contributed by atoms with Crippen LogP contribution in [0.2, 0.25) is 0 Å². The molecule has 90 valence electrons. The highest BCUT2D eigenvalue weighted by atomic mass is 16.5. The Kier molecular flexibility index (Phi) is 7.03. The lowest BCUT2D eigenvalue weighted by Gasteiger charge is -2.24. The highest BCUT2D eigenvalue weighted by Crippen LogP contribution is 2.21. The molecule has 2 N–H and O–H groups in total. The molecule has 15 heavy (non-hydrogen) atoms. The van der Waals surface area contributed by atoms with Crippen molar-refractivity contribution in [3.8, 4) is 0 Å². The fraction of sp³-hybridized carbons (Fsp3) is 1.00. The van der Waals surface area contributed by atoms with Gasteiger partial charge in [-0.25, -0.2) is 0 Å². The molecule has 0 spiro atoms. The third-order valence-electron chi connectivity index (χ3n) is 3.41. The van der Waals surface area contributed by atoms with Crippen LogP contribution in [0.25, 0.3) is 0 Å². The van der Waals surface area contributed by atoms with Gasteiger partial charge in [-0.15, -0.1) is 0 Å². The summed E-state index contributed by atoms with van der Waals surface area (Å²) in [5.74, 6) is 0.833. The molecule has 0 aliphatic carbocycles. The number of nitrogens with two attached hydrogens (primary N) is 1. The summed E-state index contributed by atoms with van der Waals surface area (Å²) in [6.45, 7) is 4.16. The summed E-state index contributed by atoms with van der Waals surface area (Å²) in [5.41, 5.74) is 6.15. The van der Waals surface area contributed by atoms with Crippen molar-refractivity contribution in [2.45, 2.75) is 64.3 Å². The first-order valence-electron chi connectivity index (χ1n) is 6.66. The van der Waals surface area contributed by atoms with E-state index in [9.17, 15) is 0 Å². The van der Waals surface area contributed by atoms with Crippen LogP contribution in [-0.4, -0.2) is 19.3 Å². The van der Waals surface area contributed by atoms with E-state index in [4.69, 9.17) is 10.5 Å². The molecule has 1 aliphatic rings. The summed E-state index contributed by atoms with van der Waals surface area (Å²) < 4.78 is 5.35. The van der Waals surface area contributed by atoms with Gasteiger partial charge in [0.1, 0.15) is 0 Å². The lowest BCUT2D eigenvalue weighted by molar-refractivity contribution is 0.0615. The number of unbranched alkanes of at least 4 members (excludes halogenated alkanes) is 3. The summed E-state index contributed by atoms with van der Waals surface area (Å²) >= 11 is 0. The van der Waals surface area contributed by atoms with Crippen molar-refractivity contribution in [1.82, 2.24) is 0 Å². The summed E-state index contributed by atoms with van der Waals surface area (Å²) in [6, 6.07) is 0.435. The van der Waals surface area contributed by atoms with Gasteiger partial charge in [0.15, 0.2) is 0 Å². The van der Waals surface area contributed by atoms with Crippen LogP contribution < -0.4 is 5.73 Å².